The summed E-state index contributed by atoms with van der Waals surface area (Å²) in [6.45, 7) is 3.55. The minimum Gasteiger partial charge on any atom is -0.504 e. The van der Waals surface area contributed by atoms with Crippen LogP contribution in [0.15, 0.2) is 6.07 Å². The van der Waals surface area contributed by atoms with E-state index in [0.717, 1.165) is 5.56 Å². The zero-order valence-corrected chi connectivity index (χ0v) is 8.26. The smallest absolute Gasteiger partial charge is 0.176 e. The van der Waals surface area contributed by atoms with Crippen molar-refractivity contribution in [1.82, 2.24) is 0 Å². The van der Waals surface area contributed by atoms with Gasteiger partial charge in [0, 0.05) is 6.04 Å². The molecule has 0 saturated heterocycles. The van der Waals surface area contributed by atoms with Gasteiger partial charge < -0.3 is 15.9 Å². The van der Waals surface area contributed by atoms with Crippen molar-refractivity contribution in [3.05, 3.63) is 22.2 Å². The molecule has 0 fully saturated rings. The van der Waals surface area contributed by atoms with Gasteiger partial charge in [0.05, 0.1) is 5.02 Å². The molecule has 0 spiro atoms. The minimum atomic E-state index is -0.306. The molecule has 4 N–H and O–H groups in total. The first-order chi connectivity index (χ1) is 5.95. The van der Waals surface area contributed by atoms with Crippen molar-refractivity contribution in [2.75, 3.05) is 0 Å². The molecule has 0 amide bonds. The van der Waals surface area contributed by atoms with Gasteiger partial charge in [-0.1, -0.05) is 11.6 Å². The summed E-state index contributed by atoms with van der Waals surface area (Å²) >= 11 is 5.81. The predicted molar refractivity (Wildman–Crippen MR) is 52.1 cm³/mol. The van der Waals surface area contributed by atoms with Gasteiger partial charge in [0.1, 0.15) is 0 Å². The van der Waals surface area contributed by atoms with E-state index < -0.39 is 0 Å². The van der Waals surface area contributed by atoms with E-state index in [-0.39, 0.29) is 22.6 Å². The van der Waals surface area contributed by atoms with E-state index >= 15 is 0 Å². The topological polar surface area (TPSA) is 66.5 Å². The highest BCUT2D eigenvalue weighted by molar-refractivity contribution is 6.33. The number of hydrogen-bond acceptors (Lipinski definition) is 3. The van der Waals surface area contributed by atoms with Gasteiger partial charge >= 0.3 is 0 Å². The van der Waals surface area contributed by atoms with E-state index in [2.05, 4.69) is 0 Å². The standard InChI is InChI=1S/C9H12ClNO2/c1-4-3-6(12)9(13)8(10)7(4)5(2)11/h3,5,12-13H,11H2,1-2H3. The van der Waals surface area contributed by atoms with Crippen LogP contribution in [0, 0.1) is 6.92 Å². The molecule has 0 aromatic heterocycles. The molecule has 13 heavy (non-hydrogen) atoms. The Labute approximate surface area is 81.8 Å². The van der Waals surface area contributed by atoms with E-state index in [9.17, 15) is 10.2 Å². The van der Waals surface area contributed by atoms with Crippen LogP contribution in [0.1, 0.15) is 24.1 Å². The summed E-state index contributed by atoms with van der Waals surface area (Å²) in [5.41, 5.74) is 7.09. The average molecular weight is 202 g/mol. The highest BCUT2D eigenvalue weighted by atomic mass is 35.5. The fraction of sp³-hybridized carbons (Fsp3) is 0.333. The fourth-order valence-electron chi connectivity index (χ4n) is 1.32. The van der Waals surface area contributed by atoms with E-state index in [1.165, 1.54) is 6.07 Å². The number of halogens is 1. The molecule has 0 bridgehead atoms. The highest BCUT2D eigenvalue weighted by Crippen LogP contribution is 2.39. The van der Waals surface area contributed by atoms with Gasteiger partial charge in [-0.05, 0) is 31.0 Å². The second kappa shape index (κ2) is 3.44. The molecule has 0 saturated carbocycles. The van der Waals surface area contributed by atoms with Gasteiger partial charge in [-0.2, -0.15) is 0 Å². The first kappa shape index (κ1) is 10.2. The molecule has 0 heterocycles. The van der Waals surface area contributed by atoms with Crippen molar-refractivity contribution in [3.63, 3.8) is 0 Å². The molecule has 4 heteroatoms. The zero-order valence-electron chi connectivity index (χ0n) is 7.50. The van der Waals surface area contributed by atoms with Crippen LogP contribution < -0.4 is 5.73 Å². The molecule has 1 aromatic carbocycles. The maximum Gasteiger partial charge on any atom is 0.176 e. The summed E-state index contributed by atoms with van der Waals surface area (Å²) in [5.74, 6) is -0.522. The number of rotatable bonds is 1. The lowest BCUT2D eigenvalue weighted by molar-refractivity contribution is 0.402. The van der Waals surface area contributed by atoms with Crippen molar-refractivity contribution < 1.29 is 10.2 Å². The first-order valence-corrected chi connectivity index (χ1v) is 4.29. The lowest BCUT2D eigenvalue weighted by Gasteiger charge is -2.13. The Morgan fingerprint density at radius 3 is 2.46 bits per heavy atom. The van der Waals surface area contributed by atoms with Crippen LogP contribution in [0.4, 0.5) is 0 Å². The summed E-state index contributed by atoms with van der Waals surface area (Å²) in [5, 5.41) is 18.7. The van der Waals surface area contributed by atoms with Gasteiger partial charge in [-0.15, -0.1) is 0 Å². The normalized spacial score (nSPS) is 12.9. The Bertz CT molecular complexity index is 337. The summed E-state index contributed by atoms with van der Waals surface area (Å²) in [4.78, 5) is 0. The third kappa shape index (κ3) is 1.71. The maximum absolute atomic E-state index is 9.32. The lowest BCUT2D eigenvalue weighted by atomic mass is 10.0. The molecule has 0 aliphatic rings. The van der Waals surface area contributed by atoms with Crippen LogP contribution in [0.5, 0.6) is 11.5 Å². The van der Waals surface area contributed by atoms with E-state index in [4.69, 9.17) is 17.3 Å². The predicted octanol–water partition coefficient (Wildman–Crippen LogP) is 2.08. The largest absolute Gasteiger partial charge is 0.504 e. The number of aryl methyl sites for hydroxylation is 1. The number of phenolic OH excluding ortho intramolecular Hbond substituents is 2. The van der Waals surface area contributed by atoms with E-state index in [1.54, 1.807) is 13.8 Å². The second-order valence-corrected chi connectivity index (χ2v) is 3.46. The van der Waals surface area contributed by atoms with Crippen LogP contribution in [0.2, 0.25) is 5.02 Å². The van der Waals surface area contributed by atoms with Gasteiger partial charge in [0.25, 0.3) is 0 Å². The maximum atomic E-state index is 9.32. The molecule has 1 rings (SSSR count). The van der Waals surface area contributed by atoms with Crippen LogP contribution in [0.3, 0.4) is 0 Å². The third-order valence-corrected chi connectivity index (χ3v) is 2.30. The number of phenols is 2. The summed E-state index contributed by atoms with van der Waals surface area (Å²) in [7, 11) is 0. The molecule has 0 aliphatic carbocycles. The Morgan fingerprint density at radius 2 is 2.00 bits per heavy atom. The van der Waals surface area contributed by atoms with Crippen LogP contribution in [-0.2, 0) is 0 Å². The van der Waals surface area contributed by atoms with E-state index in [1.807, 2.05) is 0 Å². The van der Waals surface area contributed by atoms with Crippen molar-refractivity contribution in [3.8, 4) is 11.5 Å². The monoisotopic (exact) mass is 201 g/mol. The van der Waals surface area contributed by atoms with Crippen LogP contribution in [-0.4, -0.2) is 10.2 Å². The quantitative estimate of drug-likeness (QED) is 0.610. The molecular formula is C9H12ClNO2. The molecule has 0 radical (unpaired) electrons. The van der Waals surface area contributed by atoms with Crippen LogP contribution >= 0.6 is 11.6 Å². The van der Waals surface area contributed by atoms with Crippen LogP contribution in [0.25, 0.3) is 0 Å². The first-order valence-electron chi connectivity index (χ1n) is 3.91. The number of aromatic hydroxyl groups is 2. The van der Waals surface area contributed by atoms with Gasteiger partial charge in [0.15, 0.2) is 11.5 Å². The Morgan fingerprint density at radius 1 is 1.46 bits per heavy atom. The summed E-state index contributed by atoms with van der Waals surface area (Å²) in [6, 6.07) is 1.18. The summed E-state index contributed by atoms with van der Waals surface area (Å²) < 4.78 is 0. The number of hydrogen-bond donors (Lipinski definition) is 3. The fourth-order valence-corrected chi connectivity index (χ4v) is 1.74. The molecule has 0 aliphatic heterocycles. The molecule has 3 nitrogen and oxygen atoms in total. The van der Waals surface area contributed by atoms with Gasteiger partial charge in [-0.25, -0.2) is 0 Å². The van der Waals surface area contributed by atoms with Crippen molar-refractivity contribution in [2.24, 2.45) is 5.73 Å². The van der Waals surface area contributed by atoms with Crippen molar-refractivity contribution in [2.45, 2.75) is 19.9 Å². The molecular weight excluding hydrogens is 190 g/mol. The molecule has 1 aromatic rings. The molecule has 1 unspecified atom stereocenters. The van der Waals surface area contributed by atoms with Crippen molar-refractivity contribution in [1.29, 1.82) is 0 Å². The molecule has 72 valence electrons. The Kier molecular flexibility index (Phi) is 2.68. The summed E-state index contributed by atoms with van der Waals surface area (Å²) in [6.07, 6.45) is 0. The van der Waals surface area contributed by atoms with Gasteiger partial charge in [-0.3, -0.25) is 0 Å². The SMILES string of the molecule is Cc1cc(O)c(O)c(Cl)c1C(C)N. The van der Waals surface area contributed by atoms with Crippen molar-refractivity contribution >= 4 is 11.6 Å². The molecule has 1 atom stereocenters. The Balaban J connectivity index is 3.44. The van der Waals surface area contributed by atoms with E-state index in [0.29, 0.717) is 5.56 Å². The van der Waals surface area contributed by atoms with Gasteiger partial charge in [0.2, 0.25) is 0 Å². The minimum absolute atomic E-state index is 0.132. The average Bonchev–Trinajstić information content (AvgIpc) is 1.99. The number of benzene rings is 1. The second-order valence-electron chi connectivity index (χ2n) is 3.08. The number of nitrogens with two attached hydrogens (primary N) is 1. The highest BCUT2D eigenvalue weighted by Gasteiger charge is 2.15. The third-order valence-electron chi connectivity index (χ3n) is 1.92. The zero-order chi connectivity index (χ0) is 10.2. The Hall–Kier alpha value is -0.930. The lowest BCUT2D eigenvalue weighted by Crippen LogP contribution is -2.07.